The zero-order chi connectivity index (χ0) is 11.1. The average Bonchev–Trinajstić information content (AvgIpc) is 2.73. The van der Waals surface area contributed by atoms with Crippen LogP contribution in [0, 0.1) is 0 Å². The molecule has 2 heteroatoms. The molecule has 15 heavy (non-hydrogen) atoms. The van der Waals surface area contributed by atoms with Gasteiger partial charge in [-0.15, -0.1) is 0 Å². The monoisotopic (exact) mass is 210 g/mol. The van der Waals surface area contributed by atoms with Crippen molar-refractivity contribution in [2.45, 2.75) is 58.0 Å². The Bertz CT molecular complexity index is 231. The second kappa shape index (κ2) is 3.74. The molecule has 2 nitrogen and oxygen atoms in total. The van der Waals surface area contributed by atoms with Crippen molar-refractivity contribution in [1.82, 2.24) is 9.80 Å². The van der Waals surface area contributed by atoms with Gasteiger partial charge in [-0.1, -0.05) is 6.92 Å². The van der Waals surface area contributed by atoms with Crippen LogP contribution in [0.5, 0.6) is 0 Å². The molecule has 0 radical (unpaired) electrons. The standard InChI is InChI=1S/C13H26N2/c1-5-14-9-6-7-13(14)8-10-15(11-13)12(2,3)4/h5-11H2,1-4H3. The fourth-order valence-electron chi connectivity index (χ4n) is 3.38. The predicted molar refractivity (Wildman–Crippen MR) is 65.2 cm³/mol. The summed E-state index contributed by atoms with van der Waals surface area (Å²) >= 11 is 0. The zero-order valence-corrected chi connectivity index (χ0v) is 10.8. The van der Waals surface area contributed by atoms with E-state index in [1.165, 1.54) is 45.4 Å². The van der Waals surface area contributed by atoms with E-state index >= 15 is 0 Å². The first-order valence-electron chi connectivity index (χ1n) is 6.48. The lowest BCUT2D eigenvalue weighted by Crippen LogP contribution is -2.48. The smallest absolute Gasteiger partial charge is 0.0349 e. The van der Waals surface area contributed by atoms with Crippen molar-refractivity contribution in [3.05, 3.63) is 0 Å². The molecule has 1 spiro atoms. The molecular formula is C13H26N2. The van der Waals surface area contributed by atoms with Gasteiger partial charge in [0.05, 0.1) is 0 Å². The van der Waals surface area contributed by atoms with Crippen molar-refractivity contribution in [3.8, 4) is 0 Å². The Morgan fingerprint density at radius 1 is 1.13 bits per heavy atom. The summed E-state index contributed by atoms with van der Waals surface area (Å²) in [6.45, 7) is 14.5. The van der Waals surface area contributed by atoms with Gasteiger partial charge >= 0.3 is 0 Å². The van der Waals surface area contributed by atoms with Gasteiger partial charge in [0.1, 0.15) is 0 Å². The van der Waals surface area contributed by atoms with Crippen molar-refractivity contribution in [3.63, 3.8) is 0 Å². The summed E-state index contributed by atoms with van der Waals surface area (Å²) in [6.07, 6.45) is 4.22. The number of likely N-dealkylation sites (tertiary alicyclic amines) is 2. The topological polar surface area (TPSA) is 6.48 Å². The highest BCUT2D eigenvalue weighted by atomic mass is 15.3. The van der Waals surface area contributed by atoms with Gasteiger partial charge in [0, 0.05) is 24.2 Å². The van der Waals surface area contributed by atoms with Crippen molar-refractivity contribution in [2.24, 2.45) is 0 Å². The van der Waals surface area contributed by atoms with Crippen molar-refractivity contribution in [1.29, 1.82) is 0 Å². The Morgan fingerprint density at radius 2 is 1.87 bits per heavy atom. The highest BCUT2D eigenvalue weighted by Crippen LogP contribution is 2.39. The Balaban J connectivity index is 2.07. The van der Waals surface area contributed by atoms with Crippen LogP contribution in [0.25, 0.3) is 0 Å². The summed E-state index contributed by atoms with van der Waals surface area (Å²) in [5, 5.41) is 0. The molecule has 1 unspecified atom stereocenters. The van der Waals surface area contributed by atoms with Crippen LogP contribution >= 0.6 is 0 Å². The lowest BCUT2D eigenvalue weighted by atomic mass is 9.95. The molecule has 0 aliphatic carbocycles. The molecule has 0 aromatic heterocycles. The summed E-state index contributed by atoms with van der Waals surface area (Å²) < 4.78 is 0. The quantitative estimate of drug-likeness (QED) is 0.655. The molecule has 2 rings (SSSR count). The second-order valence-corrected chi connectivity index (χ2v) is 6.25. The lowest BCUT2D eigenvalue weighted by molar-refractivity contribution is 0.112. The number of nitrogens with zero attached hydrogens (tertiary/aromatic N) is 2. The van der Waals surface area contributed by atoms with Crippen molar-refractivity contribution in [2.75, 3.05) is 26.2 Å². The minimum absolute atomic E-state index is 0.353. The summed E-state index contributed by atoms with van der Waals surface area (Å²) in [5.74, 6) is 0. The van der Waals surface area contributed by atoms with Gasteiger partial charge in [-0.2, -0.15) is 0 Å². The van der Waals surface area contributed by atoms with E-state index in [0.717, 1.165) is 0 Å². The minimum Gasteiger partial charge on any atom is -0.297 e. The Kier molecular flexibility index (Phi) is 2.85. The first-order valence-corrected chi connectivity index (χ1v) is 6.48. The maximum Gasteiger partial charge on any atom is 0.0349 e. The van der Waals surface area contributed by atoms with Gasteiger partial charge in [-0.25, -0.2) is 0 Å². The predicted octanol–water partition coefficient (Wildman–Crippen LogP) is 2.35. The molecule has 2 fully saturated rings. The molecule has 2 aliphatic rings. The SMILES string of the molecule is CCN1CCCC12CCN(C(C)(C)C)C2. The minimum atomic E-state index is 0.353. The van der Waals surface area contributed by atoms with E-state index in [-0.39, 0.29) is 0 Å². The van der Waals surface area contributed by atoms with Crippen LogP contribution in [0.1, 0.15) is 47.0 Å². The van der Waals surface area contributed by atoms with E-state index in [2.05, 4.69) is 37.5 Å². The fourth-order valence-corrected chi connectivity index (χ4v) is 3.38. The van der Waals surface area contributed by atoms with Crippen LogP contribution < -0.4 is 0 Å². The van der Waals surface area contributed by atoms with Crippen LogP contribution in [-0.4, -0.2) is 47.1 Å². The molecule has 2 heterocycles. The number of hydrogen-bond donors (Lipinski definition) is 0. The maximum absolute atomic E-state index is 2.72. The van der Waals surface area contributed by atoms with Gasteiger partial charge in [-0.05, 0) is 53.1 Å². The van der Waals surface area contributed by atoms with E-state index in [4.69, 9.17) is 0 Å². The first-order chi connectivity index (χ1) is 6.98. The molecule has 0 bridgehead atoms. The van der Waals surface area contributed by atoms with Crippen LogP contribution in [0.15, 0.2) is 0 Å². The Labute approximate surface area is 94.6 Å². The van der Waals surface area contributed by atoms with Gasteiger partial charge in [0.25, 0.3) is 0 Å². The number of rotatable bonds is 1. The Hall–Kier alpha value is -0.0800. The third-order valence-corrected chi connectivity index (χ3v) is 4.40. The van der Waals surface area contributed by atoms with Gasteiger partial charge in [0.2, 0.25) is 0 Å². The molecule has 88 valence electrons. The van der Waals surface area contributed by atoms with Gasteiger partial charge in [0.15, 0.2) is 0 Å². The molecule has 0 amide bonds. The van der Waals surface area contributed by atoms with Crippen molar-refractivity contribution < 1.29 is 0 Å². The third kappa shape index (κ3) is 1.94. The highest BCUT2D eigenvalue weighted by Gasteiger charge is 2.47. The third-order valence-electron chi connectivity index (χ3n) is 4.40. The van der Waals surface area contributed by atoms with E-state index < -0.39 is 0 Å². The molecule has 2 saturated heterocycles. The first kappa shape index (κ1) is 11.4. The molecule has 2 aliphatic heterocycles. The Morgan fingerprint density at radius 3 is 2.40 bits per heavy atom. The summed E-state index contributed by atoms with van der Waals surface area (Å²) in [6, 6.07) is 0. The normalized spacial score (nSPS) is 34.4. The average molecular weight is 210 g/mol. The molecule has 0 aromatic rings. The van der Waals surface area contributed by atoms with Gasteiger partial charge in [-0.3, -0.25) is 9.80 Å². The molecule has 0 N–H and O–H groups in total. The summed E-state index contributed by atoms with van der Waals surface area (Å²) in [4.78, 5) is 5.39. The summed E-state index contributed by atoms with van der Waals surface area (Å²) in [7, 11) is 0. The fraction of sp³-hybridized carbons (Fsp3) is 1.00. The molecule has 0 saturated carbocycles. The van der Waals surface area contributed by atoms with Crippen LogP contribution in [0.2, 0.25) is 0 Å². The van der Waals surface area contributed by atoms with Gasteiger partial charge < -0.3 is 0 Å². The van der Waals surface area contributed by atoms with E-state index in [1.807, 2.05) is 0 Å². The molecule has 0 aromatic carbocycles. The second-order valence-electron chi connectivity index (χ2n) is 6.25. The van der Waals surface area contributed by atoms with Crippen LogP contribution in [0.4, 0.5) is 0 Å². The summed E-state index contributed by atoms with van der Waals surface area (Å²) in [5.41, 5.74) is 0.896. The lowest BCUT2D eigenvalue weighted by Gasteiger charge is -2.37. The van der Waals surface area contributed by atoms with Crippen molar-refractivity contribution >= 4 is 0 Å². The number of likely N-dealkylation sites (N-methyl/N-ethyl adjacent to an activating group) is 1. The van der Waals surface area contributed by atoms with E-state index in [1.54, 1.807) is 0 Å². The van der Waals surface area contributed by atoms with E-state index in [0.29, 0.717) is 11.1 Å². The molecular weight excluding hydrogens is 184 g/mol. The largest absolute Gasteiger partial charge is 0.297 e. The maximum atomic E-state index is 2.72. The van der Waals surface area contributed by atoms with E-state index in [9.17, 15) is 0 Å². The number of hydrogen-bond acceptors (Lipinski definition) is 2. The van der Waals surface area contributed by atoms with Crippen LogP contribution in [0.3, 0.4) is 0 Å². The zero-order valence-electron chi connectivity index (χ0n) is 10.8. The van der Waals surface area contributed by atoms with Crippen LogP contribution in [-0.2, 0) is 0 Å². The molecule has 1 atom stereocenters. The highest BCUT2D eigenvalue weighted by molar-refractivity contribution is 5.04.